The Morgan fingerprint density at radius 1 is 1.62 bits per heavy atom. The zero-order valence-electron chi connectivity index (χ0n) is 8.10. The van der Waals surface area contributed by atoms with E-state index in [9.17, 15) is 13.2 Å². The van der Waals surface area contributed by atoms with Crippen LogP contribution >= 0.6 is 23.4 Å². The van der Waals surface area contributed by atoms with Gasteiger partial charge in [0.15, 0.2) is 10.9 Å². The standard InChI is InChI=1S/C7H8ClF3N4S/c1-15-5(8)3(2-16-6(12)13)4(14-15)7(9,10)11/h2H2,1H3,(H3,12,13). The van der Waals surface area contributed by atoms with E-state index < -0.39 is 11.9 Å². The van der Waals surface area contributed by atoms with Crippen molar-refractivity contribution in [2.75, 3.05) is 0 Å². The fourth-order valence-corrected chi connectivity index (χ4v) is 1.90. The first-order valence-electron chi connectivity index (χ1n) is 3.99. The highest BCUT2D eigenvalue weighted by Crippen LogP contribution is 2.35. The molecule has 0 amide bonds. The molecule has 0 unspecified atom stereocenters. The molecule has 1 rings (SSSR count). The minimum absolute atomic E-state index is 0.0962. The molecule has 0 atom stereocenters. The summed E-state index contributed by atoms with van der Waals surface area (Å²) in [7, 11) is 1.32. The topological polar surface area (TPSA) is 67.7 Å². The smallest absolute Gasteiger partial charge is 0.379 e. The lowest BCUT2D eigenvalue weighted by atomic mass is 10.3. The highest BCUT2D eigenvalue weighted by Gasteiger charge is 2.38. The second-order valence-corrected chi connectivity index (χ2v) is 4.27. The first kappa shape index (κ1) is 13.2. The van der Waals surface area contributed by atoms with Crippen LogP contribution in [0.25, 0.3) is 0 Å². The highest BCUT2D eigenvalue weighted by atomic mass is 35.5. The summed E-state index contributed by atoms with van der Waals surface area (Å²) in [6.07, 6.45) is -4.56. The van der Waals surface area contributed by atoms with Crippen molar-refractivity contribution in [3.05, 3.63) is 16.4 Å². The van der Waals surface area contributed by atoms with Crippen molar-refractivity contribution >= 4 is 28.5 Å². The average Bonchev–Trinajstić information content (AvgIpc) is 2.40. The van der Waals surface area contributed by atoms with Crippen LogP contribution in [0.15, 0.2) is 0 Å². The first-order chi connectivity index (χ1) is 7.23. The van der Waals surface area contributed by atoms with Crippen molar-refractivity contribution in [3.63, 3.8) is 0 Å². The van der Waals surface area contributed by atoms with E-state index >= 15 is 0 Å². The zero-order chi connectivity index (χ0) is 12.5. The lowest BCUT2D eigenvalue weighted by molar-refractivity contribution is -0.141. The van der Waals surface area contributed by atoms with Crippen LogP contribution in [-0.2, 0) is 19.0 Å². The Morgan fingerprint density at radius 3 is 2.62 bits per heavy atom. The van der Waals surface area contributed by atoms with Gasteiger partial charge in [-0.2, -0.15) is 18.3 Å². The Morgan fingerprint density at radius 2 is 2.19 bits per heavy atom. The van der Waals surface area contributed by atoms with Gasteiger partial charge in [-0.05, 0) is 0 Å². The molecule has 0 radical (unpaired) electrons. The van der Waals surface area contributed by atoms with E-state index in [0.29, 0.717) is 0 Å². The van der Waals surface area contributed by atoms with Crippen molar-refractivity contribution in [2.24, 2.45) is 12.8 Å². The summed E-state index contributed by atoms with van der Waals surface area (Å²) in [5.74, 6) is -0.128. The molecular weight excluding hydrogens is 265 g/mol. The summed E-state index contributed by atoms with van der Waals surface area (Å²) in [4.78, 5) is 0. The third-order valence-electron chi connectivity index (χ3n) is 1.71. The quantitative estimate of drug-likeness (QED) is 0.641. The molecule has 0 aromatic carbocycles. The molecule has 90 valence electrons. The number of aromatic nitrogens is 2. The Bertz CT molecular complexity index is 414. The maximum absolute atomic E-state index is 12.5. The summed E-state index contributed by atoms with van der Waals surface area (Å²) in [6, 6.07) is 0. The number of thioether (sulfide) groups is 1. The number of nitrogens with two attached hydrogens (primary N) is 1. The first-order valence-corrected chi connectivity index (χ1v) is 5.35. The van der Waals surface area contributed by atoms with E-state index in [1.165, 1.54) is 7.05 Å². The van der Waals surface area contributed by atoms with Crippen LogP contribution in [0.3, 0.4) is 0 Å². The number of hydrogen-bond donors (Lipinski definition) is 2. The van der Waals surface area contributed by atoms with E-state index in [-0.39, 0.29) is 21.6 Å². The van der Waals surface area contributed by atoms with Crippen molar-refractivity contribution in [2.45, 2.75) is 11.9 Å². The minimum atomic E-state index is -4.56. The highest BCUT2D eigenvalue weighted by molar-refractivity contribution is 8.13. The van der Waals surface area contributed by atoms with Gasteiger partial charge < -0.3 is 5.73 Å². The Labute approximate surface area is 98.4 Å². The molecule has 0 bridgehead atoms. The molecule has 4 nitrogen and oxygen atoms in total. The molecule has 1 aromatic rings. The van der Waals surface area contributed by atoms with Crippen LogP contribution in [0, 0.1) is 5.41 Å². The number of nitrogens with zero attached hydrogens (tertiary/aromatic N) is 2. The summed E-state index contributed by atoms with van der Waals surface area (Å²) in [6.45, 7) is 0. The number of amidine groups is 1. The average molecular weight is 273 g/mol. The van der Waals surface area contributed by atoms with E-state index in [2.05, 4.69) is 5.10 Å². The molecule has 9 heteroatoms. The number of alkyl halides is 3. The van der Waals surface area contributed by atoms with E-state index in [0.717, 1.165) is 16.4 Å². The SMILES string of the molecule is Cn1nc(C(F)(F)F)c(CSC(=N)N)c1Cl. The third kappa shape index (κ3) is 2.82. The molecule has 0 aliphatic carbocycles. The van der Waals surface area contributed by atoms with E-state index in [1.54, 1.807) is 0 Å². The van der Waals surface area contributed by atoms with Crippen LogP contribution in [0.4, 0.5) is 13.2 Å². The van der Waals surface area contributed by atoms with Crippen molar-refractivity contribution in [1.82, 2.24) is 9.78 Å². The molecule has 0 spiro atoms. The number of hydrogen-bond acceptors (Lipinski definition) is 3. The molecular formula is C7H8ClF3N4S. The lowest BCUT2D eigenvalue weighted by Crippen LogP contribution is -2.10. The molecule has 16 heavy (non-hydrogen) atoms. The van der Waals surface area contributed by atoms with E-state index in [4.69, 9.17) is 22.7 Å². The summed E-state index contributed by atoms with van der Waals surface area (Å²) >= 11 is 6.44. The molecule has 1 aromatic heterocycles. The van der Waals surface area contributed by atoms with Gasteiger partial charge in [0.1, 0.15) is 5.15 Å². The monoisotopic (exact) mass is 272 g/mol. The molecule has 3 N–H and O–H groups in total. The molecule has 0 fully saturated rings. The fraction of sp³-hybridized carbons (Fsp3) is 0.429. The van der Waals surface area contributed by atoms with Gasteiger partial charge >= 0.3 is 6.18 Å². The van der Waals surface area contributed by atoms with Crippen LogP contribution in [-0.4, -0.2) is 14.9 Å². The third-order valence-corrected chi connectivity index (χ3v) is 2.93. The normalized spacial score (nSPS) is 11.8. The zero-order valence-corrected chi connectivity index (χ0v) is 9.67. The van der Waals surface area contributed by atoms with Crippen LogP contribution in [0.1, 0.15) is 11.3 Å². The van der Waals surface area contributed by atoms with Crippen LogP contribution in [0.2, 0.25) is 5.15 Å². The van der Waals surface area contributed by atoms with Gasteiger partial charge in [0.2, 0.25) is 0 Å². The summed E-state index contributed by atoms with van der Waals surface area (Å²) in [5, 5.41) is 9.86. The lowest BCUT2D eigenvalue weighted by Gasteiger charge is -2.05. The summed E-state index contributed by atoms with van der Waals surface area (Å²) in [5.41, 5.74) is 3.86. The second-order valence-electron chi connectivity index (χ2n) is 2.89. The molecule has 0 aliphatic rings. The summed E-state index contributed by atoms with van der Waals surface area (Å²) < 4.78 is 38.6. The Balaban J connectivity index is 3.09. The maximum atomic E-state index is 12.5. The van der Waals surface area contributed by atoms with Crippen molar-refractivity contribution < 1.29 is 13.2 Å². The van der Waals surface area contributed by atoms with Gasteiger partial charge in [-0.25, -0.2) is 0 Å². The second kappa shape index (κ2) is 4.54. The number of rotatable bonds is 2. The largest absolute Gasteiger partial charge is 0.435 e. The van der Waals surface area contributed by atoms with Crippen LogP contribution < -0.4 is 5.73 Å². The van der Waals surface area contributed by atoms with Crippen molar-refractivity contribution in [1.29, 1.82) is 5.41 Å². The van der Waals surface area contributed by atoms with Gasteiger partial charge in [-0.1, -0.05) is 23.4 Å². The number of nitrogens with one attached hydrogen (secondary N) is 1. The molecule has 0 saturated heterocycles. The van der Waals surface area contributed by atoms with Gasteiger partial charge in [-0.15, -0.1) is 0 Å². The molecule has 0 saturated carbocycles. The predicted molar refractivity (Wildman–Crippen MR) is 56.4 cm³/mol. The Kier molecular flexibility index (Phi) is 3.74. The van der Waals surface area contributed by atoms with Crippen LogP contribution in [0.5, 0.6) is 0 Å². The Hall–Kier alpha value is -0.890. The van der Waals surface area contributed by atoms with Gasteiger partial charge in [-0.3, -0.25) is 10.1 Å². The van der Waals surface area contributed by atoms with Gasteiger partial charge in [0, 0.05) is 18.4 Å². The minimum Gasteiger partial charge on any atom is -0.379 e. The van der Waals surface area contributed by atoms with Gasteiger partial charge in [0.25, 0.3) is 0 Å². The van der Waals surface area contributed by atoms with Gasteiger partial charge in [0.05, 0.1) is 0 Å². The molecule has 1 heterocycles. The maximum Gasteiger partial charge on any atom is 0.435 e. The van der Waals surface area contributed by atoms with E-state index in [1.807, 2.05) is 0 Å². The number of aryl methyl sites for hydroxylation is 1. The van der Waals surface area contributed by atoms with Crippen molar-refractivity contribution in [3.8, 4) is 0 Å². The fourth-order valence-electron chi connectivity index (χ4n) is 1.05. The molecule has 0 aliphatic heterocycles. The number of halogens is 4. The predicted octanol–water partition coefficient (Wildman–Crippen LogP) is 2.22.